The van der Waals surface area contributed by atoms with Crippen molar-refractivity contribution in [1.82, 2.24) is 0 Å². The van der Waals surface area contributed by atoms with Gasteiger partial charge in [-0.3, -0.25) is 0 Å². The van der Waals surface area contributed by atoms with Crippen molar-refractivity contribution in [2.75, 3.05) is 0 Å². The smallest absolute Gasteiger partial charge is 0.123 e. The molecule has 1 unspecified atom stereocenters. The van der Waals surface area contributed by atoms with Crippen LogP contribution in [-0.4, -0.2) is 6.29 Å². The number of hydrogen-bond acceptors (Lipinski definition) is 1. The normalized spacial score (nSPS) is 13.0. The van der Waals surface area contributed by atoms with E-state index in [1.54, 1.807) is 0 Å². The lowest BCUT2D eigenvalue weighted by Crippen LogP contribution is -1.91. The van der Waals surface area contributed by atoms with E-state index in [-0.39, 0.29) is 5.92 Å². The second-order valence-electron chi connectivity index (χ2n) is 3.16. The number of benzene rings is 1. The molecule has 1 nitrogen and oxygen atoms in total. The van der Waals surface area contributed by atoms with Gasteiger partial charge in [-0.05, 0) is 12.0 Å². The Labute approximate surface area is 79.1 Å². The Kier molecular flexibility index (Phi) is 3.97. The Balaban J connectivity index is 2.45. The third-order valence-electron chi connectivity index (χ3n) is 1.85. The van der Waals surface area contributed by atoms with E-state index in [4.69, 9.17) is 0 Å². The fourth-order valence-corrected chi connectivity index (χ4v) is 1.04. The molecule has 0 N–H and O–H groups in total. The molecule has 0 fully saturated rings. The van der Waals surface area contributed by atoms with Gasteiger partial charge in [-0.25, -0.2) is 0 Å². The van der Waals surface area contributed by atoms with Gasteiger partial charge in [-0.15, -0.1) is 0 Å². The third kappa shape index (κ3) is 3.70. The van der Waals surface area contributed by atoms with Crippen LogP contribution in [0.2, 0.25) is 0 Å². The van der Waals surface area contributed by atoms with Crippen molar-refractivity contribution in [3.8, 4) is 0 Å². The summed E-state index contributed by atoms with van der Waals surface area (Å²) in [5.41, 5.74) is 1.18. The molecule has 0 aliphatic rings. The molecule has 0 heterocycles. The summed E-state index contributed by atoms with van der Waals surface area (Å²) in [4.78, 5) is 10.3. The van der Waals surface area contributed by atoms with E-state index in [2.05, 4.69) is 0 Å². The summed E-state index contributed by atoms with van der Waals surface area (Å²) >= 11 is 0. The monoisotopic (exact) mass is 174 g/mol. The highest BCUT2D eigenvalue weighted by Crippen LogP contribution is 2.04. The lowest BCUT2D eigenvalue weighted by Gasteiger charge is -1.95. The van der Waals surface area contributed by atoms with Gasteiger partial charge < -0.3 is 4.79 Å². The van der Waals surface area contributed by atoms with E-state index in [9.17, 15) is 4.79 Å². The molecule has 0 saturated carbocycles. The molecule has 68 valence electrons. The Morgan fingerprint density at radius 1 is 1.31 bits per heavy atom. The molecule has 0 aliphatic heterocycles. The highest BCUT2D eigenvalue weighted by atomic mass is 16.1. The third-order valence-corrected chi connectivity index (χ3v) is 1.85. The molecule has 0 radical (unpaired) electrons. The molecule has 1 aromatic rings. The maximum Gasteiger partial charge on any atom is 0.123 e. The quantitative estimate of drug-likeness (QED) is 0.641. The summed E-state index contributed by atoms with van der Waals surface area (Å²) in [5.74, 6) is 0.125. The van der Waals surface area contributed by atoms with Crippen LogP contribution in [-0.2, 0) is 4.79 Å². The Bertz CT molecular complexity index is 274. The van der Waals surface area contributed by atoms with Gasteiger partial charge in [0.2, 0.25) is 0 Å². The predicted molar refractivity (Wildman–Crippen MR) is 55.3 cm³/mol. The SMILES string of the molecule is CC(C=O)C/C=C/c1ccccc1. The van der Waals surface area contributed by atoms with E-state index < -0.39 is 0 Å². The van der Waals surface area contributed by atoms with Crippen LogP contribution >= 0.6 is 0 Å². The number of carbonyl (C=O) groups is 1. The summed E-state index contributed by atoms with van der Waals surface area (Å²) in [6.07, 6.45) is 5.88. The largest absolute Gasteiger partial charge is 0.303 e. The van der Waals surface area contributed by atoms with E-state index in [0.717, 1.165) is 12.7 Å². The first kappa shape index (κ1) is 9.72. The minimum atomic E-state index is 0.125. The minimum Gasteiger partial charge on any atom is -0.303 e. The first-order valence-corrected chi connectivity index (χ1v) is 4.50. The number of aldehydes is 1. The molecular weight excluding hydrogens is 160 g/mol. The molecule has 0 saturated heterocycles. The van der Waals surface area contributed by atoms with E-state index >= 15 is 0 Å². The van der Waals surface area contributed by atoms with Crippen molar-refractivity contribution in [1.29, 1.82) is 0 Å². The molecule has 1 atom stereocenters. The van der Waals surface area contributed by atoms with E-state index in [0.29, 0.717) is 0 Å². The summed E-state index contributed by atoms with van der Waals surface area (Å²) < 4.78 is 0. The molecule has 0 aliphatic carbocycles. The minimum absolute atomic E-state index is 0.125. The van der Waals surface area contributed by atoms with Crippen LogP contribution in [0.1, 0.15) is 18.9 Å². The molecule has 1 heteroatoms. The molecule has 0 bridgehead atoms. The maximum atomic E-state index is 10.3. The van der Waals surface area contributed by atoms with Crippen LogP contribution in [0.15, 0.2) is 36.4 Å². The Hall–Kier alpha value is -1.37. The van der Waals surface area contributed by atoms with Crippen molar-refractivity contribution < 1.29 is 4.79 Å². The van der Waals surface area contributed by atoms with Gasteiger partial charge in [0.25, 0.3) is 0 Å². The Morgan fingerprint density at radius 3 is 2.62 bits per heavy atom. The van der Waals surface area contributed by atoms with Crippen LogP contribution in [0.3, 0.4) is 0 Å². The molecular formula is C12H14O. The zero-order valence-corrected chi connectivity index (χ0v) is 7.81. The maximum absolute atomic E-state index is 10.3. The average Bonchev–Trinajstić information content (AvgIpc) is 2.19. The van der Waals surface area contributed by atoms with Crippen LogP contribution in [0, 0.1) is 5.92 Å². The predicted octanol–water partition coefficient (Wildman–Crippen LogP) is 2.92. The van der Waals surface area contributed by atoms with Crippen molar-refractivity contribution in [2.24, 2.45) is 5.92 Å². The van der Waals surface area contributed by atoms with Crippen molar-refractivity contribution in [3.63, 3.8) is 0 Å². The number of hydrogen-bond donors (Lipinski definition) is 0. The standard InChI is InChI=1S/C12H14O/c1-11(10-13)6-5-9-12-7-3-2-4-8-12/h2-5,7-11H,6H2,1H3/b9-5+. The van der Waals surface area contributed by atoms with Crippen LogP contribution in [0.25, 0.3) is 6.08 Å². The number of allylic oxidation sites excluding steroid dienone is 1. The van der Waals surface area contributed by atoms with E-state index in [1.807, 2.05) is 49.4 Å². The molecule has 1 rings (SSSR count). The van der Waals surface area contributed by atoms with Gasteiger partial charge in [0.1, 0.15) is 6.29 Å². The van der Waals surface area contributed by atoms with Gasteiger partial charge in [0.15, 0.2) is 0 Å². The fraction of sp³-hybridized carbons (Fsp3) is 0.250. The number of carbonyl (C=O) groups excluding carboxylic acids is 1. The van der Waals surface area contributed by atoms with Crippen LogP contribution in [0.5, 0.6) is 0 Å². The molecule has 1 aromatic carbocycles. The molecule has 0 spiro atoms. The van der Waals surface area contributed by atoms with Crippen molar-refractivity contribution >= 4 is 12.4 Å². The molecule has 13 heavy (non-hydrogen) atoms. The first-order valence-electron chi connectivity index (χ1n) is 4.50. The van der Waals surface area contributed by atoms with E-state index in [1.165, 1.54) is 5.56 Å². The van der Waals surface area contributed by atoms with Gasteiger partial charge in [0, 0.05) is 5.92 Å². The van der Waals surface area contributed by atoms with Gasteiger partial charge in [-0.2, -0.15) is 0 Å². The van der Waals surface area contributed by atoms with Gasteiger partial charge in [0.05, 0.1) is 0 Å². The molecule has 0 aromatic heterocycles. The highest BCUT2D eigenvalue weighted by Gasteiger charge is 1.93. The van der Waals surface area contributed by atoms with Gasteiger partial charge in [-0.1, -0.05) is 49.4 Å². The second-order valence-corrected chi connectivity index (χ2v) is 3.16. The molecule has 0 amide bonds. The first-order chi connectivity index (χ1) is 6.33. The lowest BCUT2D eigenvalue weighted by atomic mass is 10.1. The summed E-state index contributed by atoms with van der Waals surface area (Å²) in [7, 11) is 0. The lowest BCUT2D eigenvalue weighted by molar-refractivity contribution is -0.110. The van der Waals surface area contributed by atoms with Crippen molar-refractivity contribution in [3.05, 3.63) is 42.0 Å². The second kappa shape index (κ2) is 5.31. The fourth-order valence-electron chi connectivity index (χ4n) is 1.04. The Morgan fingerprint density at radius 2 is 2.00 bits per heavy atom. The number of rotatable bonds is 4. The topological polar surface area (TPSA) is 17.1 Å². The average molecular weight is 174 g/mol. The van der Waals surface area contributed by atoms with Crippen LogP contribution < -0.4 is 0 Å². The van der Waals surface area contributed by atoms with Crippen molar-refractivity contribution in [2.45, 2.75) is 13.3 Å². The summed E-state index contributed by atoms with van der Waals surface area (Å²) in [6.45, 7) is 1.92. The summed E-state index contributed by atoms with van der Waals surface area (Å²) in [5, 5.41) is 0. The highest BCUT2D eigenvalue weighted by molar-refractivity contribution is 5.54. The zero-order chi connectivity index (χ0) is 9.52. The zero-order valence-electron chi connectivity index (χ0n) is 7.81. The van der Waals surface area contributed by atoms with Crippen LogP contribution in [0.4, 0.5) is 0 Å². The van der Waals surface area contributed by atoms with Gasteiger partial charge >= 0.3 is 0 Å². The summed E-state index contributed by atoms with van der Waals surface area (Å²) in [6, 6.07) is 10.1.